The van der Waals surface area contributed by atoms with E-state index in [9.17, 15) is 14.0 Å². The maximum absolute atomic E-state index is 13.6. The van der Waals surface area contributed by atoms with Gasteiger partial charge >= 0.3 is 0 Å². The van der Waals surface area contributed by atoms with Crippen molar-refractivity contribution in [3.63, 3.8) is 0 Å². The standard InChI is InChI=1S/C22H14BrFN2O2/c23-15-9-11-18(12-10-15)26-21(27)19(14-5-2-1-3-6-14)20(22(26)28)25-17-8-4-7-16(24)13-17/h1-13,25H. The molecule has 0 bridgehead atoms. The van der Waals surface area contributed by atoms with Gasteiger partial charge in [-0.05, 0) is 48.0 Å². The summed E-state index contributed by atoms with van der Waals surface area (Å²) in [6.07, 6.45) is 0. The lowest BCUT2D eigenvalue weighted by Crippen LogP contribution is -2.32. The number of nitrogens with zero attached hydrogens (tertiary/aromatic N) is 1. The van der Waals surface area contributed by atoms with E-state index in [0.717, 1.165) is 9.37 Å². The number of amides is 2. The van der Waals surface area contributed by atoms with E-state index < -0.39 is 17.6 Å². The zero-order valence-electron chi connectivity index (χ0n) is 14.5. The quantitative estimate of drug-likeness (QED) is 0.586. The van der Waals surface area contributed by atoms with Gasteiger partial charge in [-0.1, -0.05) is 52.3 Å². The van der Waals surface area contributed by atoms with Crippen molar-refractivity contribution in [3.8, 4) is 0 Å². The summed E-state index contributed by atoms with van der Waals surface area (Å²) < 4.78 is 14.4. The fourth-order valence-electron chi connectivity index (χ4n) is 3.05. The molecule has 2 amide bonds. The average Bonchev–Trinajstić information content (AvgIpc) is 2.93. The number of carbonyl (C=O) groups is 2. The Morgan fingerprint density at radius 1 is 0.821 bits per heavy atom. The number of halogens is 2. The van der Waals surface area contributed by atoms with Crippen molar-refractivity contribution in [3.05, 3.63) is 100 Å². The SMILES string of the molecule is O=C1C(Nc2cccc(F)c2)=C(c2ccccc2)C(=O)N1c1ccc(Br)cc1. The van der Waals surface area contributed by atoms with E-state index >= 15 is 0 Å². The van der Waals surface area contributed by atoms with Crippen molar-refractivity contribution >= 4 is 44.7 Å². The van der Waals surface area contributed by atoms with E-state index in [0.29, 0.717) is 16.9 Å². The van der Waals surface area contributed by atoms with Crippen molar-refractivity contribution in [2.24, 2.45) is 0 Å². The first-order valence-corrected chi connectivity index (χ1v) is 9.30. The molecule has 0 fully saturated rings. The van der Waals surface area contributed by atoms with Crippen LogP contribution in [-0.4, -0.2) is 11.8 Å². The van der Waals surface area contributed by atoms with Gasteiger partial charge in [-0.2, -0.15) is 0 Å². The first kappa shape index (κ1) is 18.1. The van der Waals surface area contributed by atoms with E-state index in [1.807, 2.05) is 6.07 Å². The molecule has 0 aliphatic carbocycles. The Labute approximate surface area is 169 Å². The number of imide groups is 1. The van der Waals surface area contributed by atoms with Gasteiger partial charge < -0.3 is 5.32 Å². The molecule has 3 aromatic carbocycles. The lowest BCUT2D eigenvalue weighted by Gasteiger charge is -2.15. The highest BCUT2D eigenvalue weighted by atomic mass is 79.9. The van der Waals surface area contributed by atoms with E-state index in [4.69, 9.17) is 0 Å². The third-order valence-corrected chi connectivity index (χ3v) is 4.85. The summed E-state index contributed by atoms with van der Waals surface area (Å²) in [6, 6.07) is 21.6. The Kier molecular flexibility index (Phi) is 4.79. The summed E-state index contributed by atoms with van der Waals surface area (Å²) >= 11 is 3.35. The highest BCUT2D eigenvalue weighted by molar-refractivity contribution is 9.10. The van der Waals surface area contributed by atoms with Crippen LogP contribution in [0.3, 0.4) is 0 Å². The Bertz CT molecular complexity index is 1100. The van der Waals surface area contributed by atoms with Gasteiger partial charge in [-0.25, -0.2) is 9.29 Å². The van der Waals surface area contributed by atoms with Crippen LogP contribution < -0.4 is 10.2 Å². The molecule has 0 aromatic heterocycles. The van der Waals surface area contributed by atoms with Crippen molar-refractivity contribution < 1.29 is 14.0 Å². The van der Waals surface area contributed by atoms with Crippen LogP contribution in [0, 0.1) is 5.82 Å². The molecule has 3 aromatic rings. The lowest BCUT2D eigenvalue weighted by molar-refractivity contribution is -0.120. The average molecular weight is 437 g/mol. The van der Waals surface area contributed by atoms with Crippen molar-refractivity contribution in [1.82, 2.24) is 0 Å². The van der Waals surface area contributed by atoms with Gasteiger partial charge in [-0.3, -0.25) is 9.59 Å². The van der Waals surface area contributed by atoms with Crippen LogP contribution in [0.1, 0.15) is 5.56 Å². The van der Waals surface area contributed by atoms with Gasteiger partial charge in [0, 0.05) is 10.2 Å². The van der Waals surface area contributed by atoms with Gasteiger partial charge in [-0.15, -0.1) is 0 Å². The van der Waals surface area contributed by atoms with Crippen LogP contribution in [-0.2, 0) is 9.59 Å². The third kappa shape index (κ3) is 3.34. The monoisotopic (exact) mass is 436 g/mol. The lowest BCUT2D eigenvalue weighted by atomic mass is 10.0. The second kappa shape index (κ2) is 7.40. The van der Waals surface area contributed by atoms with Gasteiger partial charge in [0.25, 0.3) is 11.8 Å². The van der Waals surface area contributed by atoms with Crippen LogP contribution in [0.15, 0.2) is 89.0 Å². The summed E-state index contributed by atoms with van der Waals surface area (Å²) in [5.41, 5.74) is 1.83. The maximum atomic E-state index is 13.6. The Morgan fingerprint density at radius 3 is 2.21 bits per heavy atom. The van der Waals surface area contributed by atoms with E-state index in [2.05, 4.69) is 21.2 Å². The minimum Gasteiger partial charge on any atom is -0.350 e. The second-order valence-corrected chi connectivity index (χ2v) is 7.09. The molecule has 0 radical (unpaired) electrons. The fraction of sp³-hybridized carbons (Fsp3) is 0. The van der Waals surface area contributed by atoms with Crippen molar-refractivity contribution in [2.75, 3.05) is 10.2 Å². The summed E-state index contributed by atoms with van der Waals surface area (Å²) in [5.74, 6) is -1.36. The normalized spacial score (nSPS) is 14.0. The van der Waals surface area contributed by atoms with E-state index in [1.54, 1.807) is 54.6 Å². The summed E-state index contributed by atoms with van der Waals surface area (Å²) in [7, 11) is 0. The maximum Gasteiger partial charge on any atom is 0.282 e. The molecule has 4 nitrogen and oxygen atoms in total. The first-order chi connectivity index (χ1) is 13.5. The fourth-order valence-corrected chi connectivity index (χ4v) is 3.32. The van der Waals surface area contributed by atoms with Gasteiger partial charge in [0.05, 0.1) is 11.3 Å². The molecule has 1 aliphatic heterocycles. The number of rotatable bonds is 4. The topological polar surface area (TPSA) is 49.4 Å². The molecule has 0 atom stereocenters. The van der Waals surface area contributed by atoms with Crippen molar-refractivity contribution in [2.45, 2.75) is 0 Å². The zero-order valence-corrected chi connectivity index (χ0v) is 16.1. The van der Waals surface area contributed by atoms with Crippen LogP contribution in [0.25, 0.3) is 5.57 Å². The molecule has 4 rings (SSSR count). The molecule has 138 valence electrons. The molecular weight excluding hydrogens is 423 g/mol. The molecule has 1 aliphatic rings. The summed E-state index contributed by atoms with van der Waals surface area (Å²) in [6.45, 7) is 0. The molecule has 0 saturated carbocycles. The van der Waals surface area contributed by atoms with Crippen LogP contribution in [0.4, 0.5) is 15.8 Å². The first-order valence-electron chi connectivity index (χ1n) is 8.51. The van der Waals surface area contributed by atoms with Crippen LogP contribution >= 0.6 is 15.9 Å². The van der Waals surface area contributed by atoms with Crippen LogP contribution in [0.2, 0.25) is 0 Å². The molecule has 0 unspecified atom stereocenters. The number of carbonyl (C=O) groups excluding carboxylic acids is 2. The molecule has 6 heteroatoms. The minimum absolute atomic E-state index is 0.115. The molecule has 1 N–H and O–H groups in total. The number of hydrogen-bond donors (Lipinski definition) is 1. The van der Waals surface area contributed by atoms with Gasteiger partial charge in [0.15, 0.2) is 0 Å². The number of anilines is 2. The van der Waals surface area contributed by atoms with Crippen molar-refractivity contribution in [1.29, 1.82) is 0 Å². The molecule has 0 spiro atoms. The van der Waals surface area contributed by atoms with Gasteiger partial charge in [0.2, 0.25) is 0 Å². The summed E-state index contributed by atoms with van der Waals surface area (Å²) in [4.78, 5) is 27.5. The molecule has 1 heterocycles. The molecule has 28 heavy (non-hydrogen) atoms. The number of benzene rings is 3. The Morgan fingerprint density at radius 2 is 1.54 bits per heavy atom. The molecule has 0 saturated heterocycles. The predicted octanol–water partition coefficient (Wildman–Crippen LogP) is 4.98. The van der Waals surface area contributed by atoms with Gasteiger partial charge in [0.1, 0.15) is 11.5 Å². The smallest absolute Gasteiger partial charge is 0.282 e. The van der Waals surface area contributed by atoms with E-state index in [-0.39, 0.29) is 11.3 Å². The minimum atomic E-state index is -0.490. The Balaban J connectivity index is 1.81. The number of nitrogens with one attached hydrogen (secondary N) is 1. The zero-order chi connectivity index (χ0) is 19.7. The third-order valence-electron chi connectivity index (χ3n) is 4.33. The highest BCUT2D eigenvalue weighted by Crippen LogP contribution is 2.34. The Hall–Kier alpha value is -3.25. The predicted molar refractivity (Wildman–Crippen MR) is 110 cm³/mol. The highest BCUT2D eigenvalue weighted by Gasteiger charge is 2.40. The van der Waals surface area contributed by atoms with E-state index in [1.165, 1.54) is 18.2 Å². The summed E-state index contributed by atoms with van der Waals surface area (Å²) in [5, 5.41) is 2.94. The largest absolute Gasteiger partial charge is 0.350 e. The number of hydrogen-bond acceptors (Lipinski definition) is 3. The molecular formula is C22H14BrFN2O2. The second-order valence-electron chi connectivity index (χ2n) is 6.17. The van der Waals surface area contributed by atoms with Crippen LogP contribution in [0.5, 0.6) is 0 Å².